The first-order chi connectivity index (χ1) is 14.1. The molecule has 0 aromatic heterocycles. The Morgan fingerprint density at radius 2 is 1.73 bits per heavy atom. The second kappa shape index (κ2) is 13.4. The van der Waals surface area contributed by atoms with Gasteiger partial charge in [-0.15, -0.1) is 24.0 Å². The van der Waals surface area contributed by atoms with E-state index < -0.39 is 0 Å². The van der Waals surface area contributed by atoms with Crippen molar-refractivity contribution in [3.63, 3.8) is 0 Å². The molecule has 0 radical (unpaired) electrons. The standard InChI is InChI=1S/C21H34N4O4.HI/c1-6-23-21(25-9-7-15(8-10-25)11-20(26)22-2)24-14-17-18(28-4)12-16(27-3)13-19(17)29-5;/h12-13,15H,6-11,14H2,1-5H3,(H,22,26)(H,23,24);1H. The number of amides is 1. The molecule has 1 heterocycles. The summed E-state index contributed by atoms with van der Waals surface area (Å²) >= 11 is 0. The summed E-state index contributed by atoms with van der Waals surface area (Å²) in [4.78, 5) is 18.7. The number of nitrogens with one attached hydrogen (secondary N) is 2. The van der Waals surface area contributed by atoms with Crippen molar-refractivity contribution in [2.45, 2.75) is 32.7 Å². The molecule has 0 bridgehead atoms. The highest BCUT2D eigenvalue weighted by molar-refractivity contribution is 14.0. The van der Waals surface area contributed by atoms with Crippen LogP contribution in [0.3, 0.4) is 0 Å². The van der Waals surface area contributed by atoms with Crippen molar-refractivity contribution in [1.29, 1.82) is 0 Å². The average molecular weight is 534 g/mol. The Bertz CT molecular complexity index is 681. The van der Waals surface area contributed by atoms with E-state index >= 15 is 0 Å². The molecule has 1 amide bonds. The minimum atomic E-state index is 0. The summed E-state index contributed by atoms with van der Waals surface area (Å²) in [7, 11) is 6.56. The van der Waals surface area contributed by atoms with Gasteiger partial charge < -0.3 is 29.7 Å². The molecule has 0 saturated carbocycles. The summed E-state index contributed by atoms with van der Waals surface area (Å²) in [6, 6.07) is 3.68. The maximum absolute atomic E-state index is 11.6. The Hall–Kier alpha value is -1.91. The number of rotatable bonds is 8. The third kappa shape index (κ3) is 7.10. The zero-order valence-corrected chi connectivity index (χ0v) is 20.9. The van der Waals surface area contributed by atoms with Crippen molar-refractivity contribution in [3.05, 3.63) is 17.7 Å². The van der Waals surface area contributed by atoms with E-state index in [-0.39, 0.29) is 29.9 Å². The molecule has 1 fully saturated rings. The summed E-state index contributed by atoms with van der Waals surface area (Å²) in [6.45, 7) is 5.03. The van der Waals surface area contributed by atoms with Gasteiger partial charge in [-0.25, -0.2) is 4.99 Å². The van der Waals surface area contributed by atoms with Crippen molar-refractivity contribution in [3.8, 4) is 17.2 Å². The van der Waals surface area contributed by atoms with Gasteiger partial charge >= 0.3 is 0 Å². The fourth-order valence-corrected chi connectivity index (χ4v) is 3.53. The largest absolute Gasteiger partial charge is 0.496 e. The minimum absolute atomic E-state index is 0. The fraction of sp³-hybridized carbons (Fsp3) is 0.619. The van der Waals surface area contributed by atoms with Crippen LogP contribution in [0.15, 0.2) is 17.1 Å². The number of guanidine groups is 1. The number of piperidine rings is 1. The van der Waals surface area contributed by atoms with Gasteiger partial charge in [0.25, 0.3) is 0 Å². The molecule has 1 aliphatic heterocycles. The van der Waals surface area contributed by atoms with Gasteiger partial charge in [0.05, 0.1) is 33.4 Å². The molecule has 0 unspecified atom stereocenters. The number of aliphatic imine (C=N–C) groups is 1. The Labute approximate surface area is 196 Å². The van der Waals surface area contributed by atoms with Crippen molar-refractivity contribution < 1.29 is 19.0 Å². The summed E-state index contributed by atoms with van der Waals surface area (Å²) in [6.07, 6.45) is 2.55. The number of nitrogens with zero attached hydrogens (tertiary/aromatic N) is 2. The van der Waals surface area contributed by atoms with E-state index in [2.05, 4.69) is 22.5 Å². The SMILES string of the molecule is CCNC(=NCc1c(OC)cc(OC)cc1OC)N1CCC(CC(=O)NC)CC1.I. The molecule has 30 heavy (non-hydrogen) atoms. The van der Waals surface area contributed by atoms with Crippen LogP contribution < -0.4 is 24.8 Å². The maximum atomic E-state index is 11.6. The van der Waals surface area contributed by atoms with E-state index in [4.69, 9.17) is 19.2 Å². The zero-order chi connectivity index (χ0) is 21.2. The summed E-state index contributed by atoms with van der Waals surface area (Å²) < 4.78 is 16.4. The van der Waals surface area contributed by atoms with E-state index in [1.165, 1.54) is 0 Å². The third-order valence-corrected chi connectivity index (χ3v) is 5.21. The van der Waals surface area contributed by atoms with Crippen LogP contribution >= 0.6 is 24.0 Å². The summed E-state index contributed by atoms with van der Waals surface area (Å²) in [5.41, 5.74) is 0.876. The molecule has 1 saturated heterocycles. The number of benzene rings is 1. The van der Waals surface area contributed by atoms with Gasteiger partial charge in [0.2, 0.25) is 5.91 Å². The highest BCUT2D eigenvalue weighted by Crippen LogP contribution is 2.34. The van der Waals surface area contributed by atoms with Gasteiger partial charge in [0.1, 0.15) is 17.2 Å². The molecule has 0 atom stereocenters. The van der Waals surface area contributed by atoms with E-state index in [1.807, 2.05) is 12.1 Å². The van der Waals surface area contributed by atoms with Crippen LogP contribution in [0.2, 0.25) is 0 Å². The van der Waals surface area contributed by atoms with Crippen LogP contribution in [-0.4, -0.2) is 64.8 Å². The second-order valence-electron chi connectivity index (χ2n) is 6.99. The fourth-order valence-electron chi connectivity index (χ4n) is 3.53. The van der Waals surface area contributed by atoms with Crippen LogP contribution in [0.25, 0.3) is 0 Å². The number of methoxy groups -OCH3 is 3. The highest BCUT2D eigenvalue weighted by atomic mass is 127. The van der Waals surface area contributed by atoms with Crippen LogP contribution in [0.5, 0.6) is 17.2 Å². The Kier molecular flexibility index (Phi) is 11.7. The Morgan fingerprint density at radius 1 is 1.13 bits per heavy atom. The Balaban J connectivity index is 0.00000450. The molecule has 1 aliphatic rings. The van der Waals surface area contributed by atoms with Crippen molar-refractivity contribution >= 4 is 35.8 Å². The Morgan fingerprint density at radius 3 is 2.20 bits per heavy atom. The van der Waals surface area contributed by atoms with Gasteiger partial charge in [-0.2, -0.15) is 0 Å². The maximum Gasteiger partial charge on any atom is 0.220 e. The van der Waals surface area contributed by atoms with E-state index in [0.717, 1.165) is 44.0 Å². The molecule has 170 valence electrons. The van der Waals surface area contributed by atoms with Crippen molar-refractivity contribution in [2.24, 2.45) is 10.9 Å². The van der Waals surface area contributed by atoms with Gasteiger partial charge in [-0.05, 0) is 25.7 Å². The topological polar surface area (TPSA) is 84.4 Å². The van der Waals surface area contributed by atoms with E-state index in [9.17, 15) is 4.79 Å². The number of carbonyl (C=O) groups excluding carboxylic acids is 1. The minimum Gasteiger partial charge on any atom is -0.496 e. The van der Waals surface area contributed by atoms with Gasteiger partial charge in [-0.1, -0.05) is 0 Å². The lowest BCUT2D eigenvalue weighted by Gasteiger charge is -2.34. The molecule has 9 heteroatoms. The van der Waals surface area contributed by atoms with Crippen LogP contribution in [0, 0.1) is 5.92 Å². The third-order valence-electron chi connectivity index (χ3n) is 5.21. The number of hydrogen-bond donors (Lipinski definition) is 2. The summed E-state index contributed by atoms with van der Waals surface area (Å²) in [5, 5.41) is 6.09. The quantitative estimate of drug-likeness (QED) is 0.303. The summed E-state index contributed by atoms with van der Waals surface area (Å²) in [5.74, 6) is 3.45. The first kappa shape index (κ1) is 26.1. The number of carbonyl (C=O) groups is 1. The van der Waals surface area contributed by atoms with E-state index in [1.54, 1.807) is 28.4 Å². The lowest BCUT2D eigenvalue weighted by molar-refractivity contribution is -0.121. The monoisotopic (exact) mass is 534 g/mol. The number of ether oxygens (including phenoxy) is 3. The van der Waals surface area contributed by atoms with Gasteiger partial charge in [-0.3, -0.25) is 4.79 Å². The molecule has 2 rings (SSSR count). The zero-order valence-electron chi connectivity index (χ0n) is 18.6. The molecule has 1 aromatic rings. The smallest absolute Gasteiger partial charge is 0.220 e. The number of halogens is 1. The first-order valence-electron chi connectivity index (χ1n) is 10.1. The lowest BCUT2D eigenvalue weighted by atomic mass is 9.93. The number of hydrogen-bond acceptors (Lipinski definition) is 5. The number of likely N-dealkylation sites (tertiary alicyclic amines) is 1. The molecule has 8 nitrogen and oxygen atoms in total. The van der Waals surface area contributed by atoms with E-state index in [0.29, 0.717) is 36.1 Å². The predicted molar refractivity (Wildman–Crippen MR) is 129 cm³/mol. The lowest BCUT2D eigenvalue weighted by Crippen LogP contribution is -2.46. The normalized spacial score (nSPS) is 14.6. The van der Waals surface area contributed by atoms with Crippen molar-refractivity contribution in [1.82, 2.24) is 15.5 Å². The van der Waals surface area contributed by atoms with Crippen molar-refractivity contribution in [2.75, 3.05) is 48.0 Å². The van der Waals surface area contributed by atoms with Crippen LogP contribution in [0.1, 0.15) is 31.7 Å². The second-order valence-corrected chi connectivity index (χ2v) is 6.99. The average Bonchev–Trinajstić information content (AvgIpc) is 2.76. The van der Waals surface area contributed by atoms with Crippen LogP contribution in [0.4, 0.5) is 0 Å². The van der Waals surface area contributed by atoms with Gasteiger partial charge in [0.15, 0.2) is 5.96 Å². The molecule has 0 spiro atoms. The highest BCUT2D eigenvalue weighted by Gasteiger charge is 2.23. The molecule has 0 aliphatic carbocycles. The first-order valence-corrected chi connectivity index (χ1v) is 10.1. The molecule has 1 aromatic carbocycles. The molecule has 2 N–H and O–H groups in total. The molecular weight excluding hydrogens is 499 g/mol. The molecular formula is C21H35IN4O4. The van der Waals surface area contributed by atoms with Crippen LogP contribution in [-0.2, 0) is 11.3 Å². The predicted octanol–water partition coefficient (Wildman–Crippen LogP) is 2.64. The van der Waals surface area contributed by atoms with Gasteiger partial charge in [0, 0.05) is 45.2 Å².